The number of halogens is 1. The molecule has 1 saturated heterocycles. The Morgan fingerprint density at radius 3 is 2.76 bits per heavy atom. The molecule has 2 nitrogen and oxygen atoms in total. The van der Waals surface area contributed by atoms with Crippen LogP contribution in [0.25, 0.3) is 0 Å². The van der Waals surface area contributed by atoms with E-state index in [2.05, 4.69) is 24.0 Å². The molecule has 17 heavy (non-hydrogen) atoms. The summed E-state index contributed by atoms with van der Waals surface area (Å²) in [4.78, 5) is 2.49. The molecule has 0 aromatic heterocycles. The van der Waals surface area contributed by atoms with Crippen molar-refractivity contribution >= 4 is 11.6 Å². The molecule has 2 N–H and O–H groups in total. The Balaban J connectivity index is 1.87. The third-order valence-electron chi connectivity index (χ3n) is 3.71. The zero-order valence-corrected chi connectivity index (χ0v) is 11.2. The lowest BCUT2D eigenvalue weighted by Crippen LogP contribution is -2.31. The smallest absolute Gasteiger partial charge is 0.0406 e. The Labute approximate surface area is 109 Å². The Bertz CT molecular complexity index is 350. The van der Waals surface area contributed by atoms with Crippen LogP contribution in [0.4, 0.5) is 0 Å². The fourth-order valence-electron chi connectivity index (χ4n) is 2.54. The zero-order chi connectivity index (χ0) is 12.3. The molecule has 1 aliphatic rings. The van der Waals surface area contributed by atoms with E-state index in [4.69, 9.17) is 17.3 Å². The van der Waals surface area contributed by atoms with Crippen molar-refractivity contribution in [2.45, 2.75) is 32.4 Å². The highest BCUT2D eigenvalue weighted by Gasteiger charge is 2.26. The molecular weight excluding hydrogens is 232 g/mol. The van der Waals surface area contributed by atoms with Crippen LogP contribution in [0, 0.1) is 5.92 Å². The largest absolute Gasteiger partial charge is 0.327 e. The first-order valence-corrected chi connectivity index (χ1v) is 6.79. The van der Waals surface area contributed by atoms with Crippen molar-refractivity contribution in [1.29, 1.82) is 0 Å². The molecular formula is C14H21ClN2. The van der Waals surface area contributed by atoms with Gasteiger partial charge in [0.05, 0.1) is 0 Å². The van der Waals surface area contributed by atoms with E-state index < -0.39 is 0 Å². The second-order valence-corrected chi connectivity index (χ2v) is 5.42. The highest BCUT2D eigenvalue weighted by molar-refractivity contribution is 6.30. The number of likely N-dealkylation sites (tertiary alicyclic amines) is 1. The monoisotopic (exact) mass is 252 g/mol. The second-order valence-electron chi connectivity index (χ2n) is 4.98. The third kappa shape index (κ3) is 3.44. The molecule has 0 spiro atoms. The maximum Gasteiger partial charge on any atom is 0.0406 e. The molecule has 0 saturated carbocycles. The van der Waals surface area contributed by atoms with E-state index in [-0.39, 0.29) is 0 Å². The lowest BCUT2D eigenvalue weighted by molar-refractivity contribution is 0.304. The summed E-state index contributed by atoms with van der Waals surface area (Å²) in [6, 6.07) is 8.50. The van der Waals surface area contributed by atoms with Gasteiger partial charge in [-0.3, -0.25) is 4.90 Å². The minimum atomic E-state index is 0.366. The van der Waals surface area contributed by atoms with Crippen LogP contribution in [0.15, 0.2) is 24.3 Å². The summed E-state index contributed by atoms with van der Waals surface area (Å²) < 4.78 is 0. The van der Waals surface area contributed by atoms with Gasteiger partial charge in [0.2, 0.25) is 0 Å². The first-order chi connectivity index (χ1) is 8.19. The lowest BCUT2D eigenvalue weighted by Gasteiger charge is -2.19. The number of rotatable bonds is 4. The summed E-state index contributed by atoms with van der Waals surface area (Å²) in [6.45, 7) is 5.50. The summed E-state index contributed by atoms with van der Waals surface area (Å²) in [6.07, 6.45) is 2.32. The molecule has 1 heterocycles. The Hall–Kier alpha value is -0.570. The quantitative estimate of drug-likeness (QED) is 0.893. The highest BCUT2D eigenvalue weighted by Crippen LogP contribution is 2.22. The fraction of sp³-hybridized carbons (Fsp3) is 0.571. The fourth-order valence-corrected chi connectivity index (χ4v) is 2.66. The van der Waals surface area contributed by atoms with Gasteiger partial charge >= 0.3 is 0 Å². The summed E-state index contributed by atoms with van der Waals surface area (Å²) in [5.41, 5.74) is 7.44. The zero-order valence-electron chi connectivity index (χ0n) is 10.4. The first kappa shape index (κ1) is 12.9. The van der Waals surface area contributed by atoms with Crippen LogP contribution in [-0.4, -0.2) is 24.0 Å². The van der Waals surface area contributed by atoms with Gasteiger partial charge in [0.15, 0.2) is 0 Å². The summed E-state index contributed by atoms with van der Waals surface area (Å²) in [5.74, 6) is 0.673. The number of benzene rings is 1. The van der Waals surface area contributed by atoms with Crippen LogP contribution < -0.4 is 5.73 Å². The minimum absolute atomic E-state index is 0.366. The van der Waals surface area contributed by atoms with Crippen molar-refractivity contribution in [2.24, 2.45) is 11.7 Å². The maximum absolute atomic E-state index is 6.11. The van der Waals surface area contributed by atoms with Crippen molar-refractivity contribution < 1.29 is 0 Å². The SMILES string of the molecule is CCC(N)C1CCN(Cc2ccc(Cl)cc2)C1. The second kappa shape index (κ2) is 5.85. The van der Waals surface area contributed by atoms with Crippen LogP contribution >= 0.6 is 11.6 Å². The molecule has 0 bridgehead atoms. The highest BCUT2D eigenvalue weighted by atomic mass is 35.5. The van der Waals surface area contributed by atoms with Gasteiger partial charge < -0.3 is 5.73 Å². The number of nitrogens with zero attached hydrogens (tertiary/aromatic N) is 1. The van der Waals surface area contributed by atoms with Gasteiger partial charge in [-0.2, -0.15) is 0 Å². The van der Waals surface area contributed by atoms with Gasteiger partial charge in [-0.25, -0.2) is 0 Å². The normalized spacial score (nSPS) is 22.9. The summed E-state index contributed by atoms with van der Waals surface area (Å²) in [5, 5.41) is 0.807. The van der Waals surface area contributed by atoms with Crippen molar-refractivity contribution in [3.63, 3.8) is 0 Å². The molecule has 1 aliphatic heterocycles. The van der Waals surface area contributed by atoms with Crippen molar-refractivity contribution in [3.05, 3.63) is 34.9 Å². The van der Waals surface area contributed by atoms with Crippen LogP contribution in [-0.2, 0) is 6.54 Å². The third-order valence-corrected chi connectivity index (χ3v) is 3.96. The number of nitrogens with two attached hydrogens (primary N) is 1. The summed E-state index contributed by atoms with van der Waals surface area (Å²) >= 11 is 5.88. The number of hydrogen-bond acceptors (Lipinski definition) is 2. The molecule has 0 amide bonds. The summed E-state index contributed by atoms with van der Waals surface area (Å²) in [7, 11) is 0. The lowest BCUT2D eigenvalue weighted by atomic mass is 9.98. The molecule has 0 radical (unpaired) electrons. The van der Waals surface area contributed by atoms with E-state index in [9.17, 15) is 0 Å². The van der Waals surface area contributed by atoms with E-state index in [1.54, 1.807) is 0 Å². The van der Waals surface area contributed by atoms with E-state index in [0.717, 1.165) is 24.5 Å². The van der Waals surface area contributed by atoms with Crippen molar-refractivity contribution in [1.82, 2.24) is 4.90 Å². The van der Waals surface area contributed by atoms with Gasteiger partial charge in [0.1, 0.15) is 0 Å². The molecule has 3 heteroatoms. The number of hydrogen-bond donors (Lipinski definition) is 1. The predicted molar refractivity (Wildman–Crippen MR) is 73.1 cm³/mol. The van der Waals surface area contributed by atoms with Crippen LogP contribution in [0.2, 0.25) is 5.02 Å². The Morgan fingerprint density at radius 1 is 1.41 bits per heavy atom. The van der Waals surface area contributed by atoms with Gasteiger partial charge in [0.25, 0.3) is 0 Å². The van der Waals surface area contributed by atoms with Crippen LogP contribution in [0.1, 0.15) is 25.3 Å². The average Bonchev–Trinajstić information content (AvgIpc) is 2.80. The molecule has 2 rings (SSSR count). The minimum Gasteiger partial charge on any atom is -0.327 e. The topological polar surface area (TPSA) is 29.3 Å². The van der Waals surface area contributed by atoms with E-state index >= 15 is 0 Å². The van der Waals surface area contributed by atoms with E-state index in [0.29, 0.717) is 12.0 Å². The van der Waals surface area contributed by atoms with E-state index in [1.807, 2.05) is 12.1 Å². The average molecular weight is 253 g/mol. The maximum atomic E-state index is 6.11. The molecule has 1 aromatic carbocycles. The van der Waals surface area contributed by atoms with Gasteiger partial charge in [-0.05, 0) is 43.0 Å². The van der Waals surface area contributed by atoms with Crippen molar-refractivity contribution in [2.75, 3.05) is 13.1 Å². The van der Waals surface area contributed by atoms with Gasteiger partial charge in [-0.15, -0.1) is 0 Å². The Morgan fingerprint density at radius 2 is 2.12 bits per heavy atom. The van der Waals surface area contributed by atoms with Crippen LogP contribution in [0.3, 0.4) is 0 Å². The van der Waals surface area contributed by atoms with E-state index in [1.165, 1.54) is 18.5 Å². The molecule has 2 atom stereocenters. The molecule has 2 unspecified atom stereocenters. The Kier molecular flexibility index (Phi) is 4.43. The molecule has 1 fully saturated rings. The first-order valence-electron chi connectivity index (χ1n) is 6.41. The van der Waals surface area contributed by atoms with Crippen molar-refractivity contribution in [3.8, 4) is 0 Å². The van der Waals surface area contributed by atoms with Gasteiger partial charge in [0, 0.05) is 24.2 Å². The van der Waals surface area contributed by atoms with Gasteiger partial charge in [-0.1, -0.05) is 30.7 Å². The molecule has 94 valence electrons. The van der Waals surface area contributed by atoms with Crippen LogP contribution in [0.5, 0.6) is 0 Å². The standard InChI is InChI=1S/C14H21ClN2/c1-2-14(16)12-7-8-17(10-12)9-11-3-5-13(15)6-4-11/h3-6,12,14H,2,7-10,16H2,1H3. The predicted octanol–water partition coefficient (Wildman–Crippen LogP) is 2.90. The molecule has 1 aromatic rings. The molecule has 0 aliphatic carbocycles.